The monoisotopic (exact) mass is 316 g/mol. The van der Waals surface area contributed by atoms with Gasteiger partial charge in [0.15, 0.2) is 0 Å². The highest BCUT2D eigenvalue weighted by atomic mass is 19.1. The Hall–Kier alpha value is -2.21. The molecule has 3 rings (SSSR count). The Kier molecular flexibility index (Phi) is 4.71. The predicted molar refractivity (Wildman–Crippen MR) is 86.2 cm³/mol. The molecule has 6 heteroatoms. The molecule has 0 spiro atoms. The first-order valence-electron chi connectivity index (χ1n) is 7.86. The van der Waals surface area contributed by atoms with E-state index in [2.05, 4.69) is 15.3 Å². The van der Waals surface area contributed by atoms with Crippen LogP contribution < -0.4 is 5.32 Å². The zero-order valence-corrected chi connectivity index (χ0v) is 13.2. The smallest absolute Gasteiger partial charge is 0.228 e. The molecule has 0 saturated carbocycles. The Morgan fingerprint density at radius 2 is 2.35 bits per heavy atom. The number of piperidine rings is 1. The van der Waals surface area contributed by atoms with E-state index in [4.69, 9.17) is 0 Å². The standard InChI is InChI=1S/C17H21FN4O/c1-21-12-16(9-19-21)20-17(23)14-5-3-7-22(11-14)10-13-4-2-6-15(18)8-13/h2,4,6,8-9,12,14H,3,5,7,10-11H2,1H3,(H,20,23). The molecule has 0 bridgehead atoms. The number of anilines is 1. The molecular weight excluding hydrogens is 295 g/mol. The summed E-state index contributed by atoms with van der Waals surface area (Å²) < 4.78 is 14.9. The van der Waals surface area contributed by atoms with Crippen LogP contribution in [0.5, 0.6) is 0 Å². The van der Waals surface area contributed by atoms with Gasteiger partial charge in [-0.2, -0.15) is 5.10 Å². The van der Waals surface area contributed by atoms with Gasteiger partial charge in [0, 0.05) is 26.3 Å². The Morgan fingerprint density at radius 1 is 1.48 bits per heavy atom. The Morgan fingerprint density at radius 3 is 3.09 bits per heavy atom. The van der Waals surface area contributed by atoms with Crippen LogP contribution in [0.15, 0.2) is 36.7 Å². The average molecular weight is 316 g/mol. The van der Waals surface area contributed by atoms with Gasteiger partial charge in [0.1, 0.15) is 5.82 Å². The van der Waals surface area contributed by atoms with Crippen molar-refractivity contribution in [3.63, 3.8) is 0 Å². The minimum absolute atomic E-state index is 0.0296. The summed E-state index contributed by atoms with van der Waals surface area (Å²) in [5.74, 6) is -0.232. The van der Waals surface area contributed by atoms with Crippen LogP contribution in [-0.2, 0) is 18.4 Å². The van der Waals surface area contributed by atoms with Gasteiger partial charge in [0.05, 0.1) is 17.8 Å². The second kappa shape index (κ2) is 6.91. The Bertz CT molecular complexity index is 685. The molecule has 1 unspecified atom stereocenters. The summed E-state index contributed by atoms with van der Waals surface area (Å²) in [5, 5.41) is 6.97. The van der Waals surface area contributed by atoms with Crippen molar-refractivity contribution in [1.29, 1.82) is 0 Å². The molecule has 1 amide bonds. The molecule has 1 aromatic heterocycles. The summed E-state index contributed by atoms with van der Waals surface area (Å²) in [6, 6.07) is 6.65. The van der Waals surface area contributed by atoms with Crippen molar-refractivity contribution in [1.82, 2.24) is 14.7 Å². The number of nitrogens with zero attached hydrogens (tertiary/aromatic N) is 3. The summed E-state index contributed by atoms with van der Waals surface area (Å²) >= 11 is 0. The van der Waals surface area contributed by atoms with Crippen LogP contribution in [0, 0.1) is 11.7 Å². The van der Waals surface area contributed by atoms with Gasteiger partial charge in [0.25, 0.3) is 0 Å². The number of rotatable bonds is 4. The minimum atomic E-state index is -0.217. The van der Waals surface area contributed by atoms with E-state index in [9.17, 15) is 9.18 Å². The van der Waals surface area contributed by atoms with Gasteiger partial charge in [-0.05, 0) is 37.1 Å². The molecule has 0 radical (unpaired) electrons. The van der Waals surface area contributed by atoms with Crippen molar-refractivity contribution in [2.24, 2.45) is 13.0 Å². The first kappa shape index (κ1) is 15.7. The van der Waals surface area contributed by atoms with E-state index in [1.807, 2.05) is 13.1 Å². The molecule has 1 N–H and O–H groups in total. The van der Waals surface area contributed by atoms with Gasteiger partial charge in [-0.3, -0.25) is 14.4 Å². The van der Waals surface area contributed by atoms with Crippen LogP contribution in [0.1, 0.15) is 18.4 Å². The Balaban J connectivity index is 1.58. The number of benzene rings is 1. The van der Waals surface area contributed by atoms with E-state index >= 15 is 0 Å². The highest BCUT2D eigenvalue weighted by Gasteiger charge is 2.26. The maximum atomic E-state index is 13.3. The molecule has 2 aromatic rings. The third-order valence-corrected chi connectivity index (χ3v) is 4.14. The maximum absolute atomic E-state index is 13.3. The molecule has 122 valence electrons. The first-order chi connectivity index (χ1) is 11.1. The number of amides is 1. The quantitative estimate of drug-likeness (QED) is 0.942. The van der Waals surface area contributed by atoms with E-state index < -0.39 is 0 Å². The predicted octanol–water partition coefficient (Wildman–Crippen LogP) is 2.41. The number of nitrogens with one attached hydrogen (secondary N) is 1. The van der Waals surface area contributed by atoms with Gasteiger partial charge in [-0.1, -0.05) is 12.1 Å². The number of hydrogen-bond acceptors (Lipinski definition) is 3. The summed E-state index contributed by atoms with van der Waals surface area (Å²) in [7, 11) is 1.82. The number of halogens is 1. The molecule has 0 aliphatic carbocycles. The second-order valence-electron chi connectivity index (χ2n) is 6.10. The lowest BCUT2D eigenvalue weighted by Crippen LogP contribution is -2.40. The number of aryl methyl sites for hydroxylation is 1. The number of carbonyl (C=O) groups excluding carboxylic acids is 1. The van der Waals surface area contributed by atoms with Gasteiger partial charge in [-0.15, -0.1) is 0 Å². The normalized spacial score (nSPS) is 18.8. The van der Waals surface area contributed by atoms with E-state index in [1.165, 1.54) is 6.07 Å². The lowest BCUT2D eigenvalue weighted by Gasteiger charge is -2.31. The third kappa shape index (κ3) is 4.16. The van der Waals surface area contributed by atoms with Crippen molar-refractivity contribution >= 4 is 11.6 Å². The maximum Gasteiger partial charge on any atom is 0.228 e. The number of carbonyl (C=O) groups is 1. The van der Waals surface area contributed by atoms with Gasteiger partial charge >= 0.3 is 0 Å². The molecule has 1 saturated heterocycles. The molecule has 1 aliphatic rings. The van der Waals surface area contributed by atoms with Crippen molar-refractivity contribution in [2.75, 3.05) is 18.4 Å². The highest BCUT2D eigenvalue weighted by molar-refractivity contribution is 5.92. The summed E-state index contributed by atoms with van der Waals surface area (Å²) in [4.78, 5) is 14.6. The van der Waals surface area contributed by atoms with Crippen LogP contribution in [-0.4, -0.2) is 33.7 Å². The molecule has 1 aliphatic heterocycles. The summed E-state index contributed by atoms with van der Waals surface area (Å²) in [5.41, 5.74) is 1.66. The third-order valence-electron chi connectivity index (χ3n) is 4.14. The van der Waals surface area contributed by atoms with Crippen LogP contribution in [0.2, 0.25) is 0 Å². The van der Waals surface area contributed by atoms with Crippen molar-refractivity contribution in [2.45, 2.75) is 19.4 Å². The second-order valence-corrected chi connectivity index (χ2v) is 6.10. The molecule has 1 fully saturated rings. The van der Waals surface area contributed by atoms with Gasteiger partial charge in [0.2, 0.25) is 5.91 Å². The van der Waals surface area contributed by atoms with E-state index in [-0.39, 0.29) is 17.6 Å². The minimum Gasteiger partial charge on any atom is -0.323 e. The SMILES string of the molecule is Cn1cc(NC(=O)C2CCCN(Cc3cccc(F)c3)C2)cn1. The number of hydrogen-bond donors (Lipinski definition) is 1. The van der Waals surface area contributed by atoms with Crippen LogP contribution >= 0.6 is 0 Å². The van der Waals surface area contributed by atoms with Gasteiger partial charge < -0.3 is 5.32 Å². The molecule has 5 nitrogen and oxygen atoms in total. The van der Waals surface area contributed by atoms with E-state index in [1.54, 1.807) is 29.2 Å². The van der Waals surface area contributed by atoms with Crippen molar-refractivity contribution < 1.29 is 9.18 Å². The van der Waals surface area contributed by atoms with Crippen LogP contribution in [0.25, 0.3) is 0 Å². The largest absolute Gasteiger partial charge is 0.323 e. The van der Waals surface area contributed by atoms with Crippen LogP contribution in [0.3, 0.4) is 0 Å². The summed E-state index contributed by atoms with van der Waals surface area (Å²) in [6.45, 7) is 2.31. The lowest BCUT2D eigenvalue weighted by molar-refractivity contribution is -0.121. The molecular formula is C17H21FN4O. The Labute approximate surface area is 135 Å². The lowest BCUT2D eigenvalue weighted by atomic mass is 9.96. The van der Waals surface area contributed by atoms with Crippen molar-refractivity contribution in [3.05, 3.63) is 48.0 Å². The summed E-state index contributed by atoms with van der Waals surface area (Å²) in [6.07, 6.45) is 5.28. The highest BCUT2D eigenvalue weighted by Crippen LogP contribution is 2.20. The zero-order chi connectivity index (χ0) is 16.2. The van der Waals surface area contributed by atoms with E-state index in [0.29, 0.717) is 13.1 Å². The average Bonchev–Trinajstić information content (AvgIpc) is 2.92. The zero-order valence-electron chi connectivity index (χ0n) is 13.2. The van der Waals surface area contributed by atoms with Crippen LogP contribution in [0.4, 0.5) is 10.1 Å². The van der Waals surface area contributed by atoms with E-state index in [0.717, 1.165) is 30.6 Å². The number of likely N-dealkylation sites (tertiary alicyclic amines) is 1. The van der Waals surface area contributed by atoms with Crippen molar-refractivity contribution in [3.8, 4) is 0 Å². The molecule has 1 atom stereocenters. The molecule has 2 heterocycles. The van der Waals surface area contributed by atoms with Gasteiger partial charge in [-0.25, -0.2) is 4.39 Å². The first-order valence-corrected chi connectivity index (χ1v) is 7.86. The fourth-order valence-corrected chi connectivity index (χ4v) is 3.04. The topological polar surface area (TPSA) is 50.2 Å². The molecule has 1 aromatic carbocycles. The fraction of sp³-hybridized carbons (Fsp3) is 0.412. The molecule has 23 heavy (non-hydrogen) atoms. The fourth-order valence-electron chi connectivity index (χ4n) is 3.04. The number of aromatic nitrogens is 2.